The third-order valence-electron chi connectivity index (χ3n) is 2.62. The van der Waals surface area contributed by atoms with Crippen LogP contribution in [0, 0.1) is 13.8 Å². The van der Waals surface area contributed by atoms with Gasteiger partial charge in [-0.25, -0.2) is 0 Å². The maximum Gasteiger partial charge on any atom is 0.0857 e. The van der Waals surface area contributed by atoms with Crippen molar-refractivity contribution < 1.29 is 0 Å². The molecular weight excluding hydrogens is 383 g/mol. The molecule has 2 rings (SSSR count). The second-order valence-corrected chi connectivity index (χ2v) is 7.88. The average molecular weight is 395 g/mol. The molecule has 0 bridgehead atoms. The number of benzene rings is 1. The maximum atomic E-state index is 6.58. The Morgan fingerprint density at radius 3 is 2.41 bits per heavy atom. The highest BCUT2D eigenvalue weighted by Crippen LogP contribution is 2.39. The van der Waals surface area contributed by atoms with Crippen molar-refractivity contribution in [2.45, 2.75) is 19.2 Å². The molecule has 1 heterocycles. The molecule has 0 radical (unpaired) electrons. The molecule has 0 spiro atoms. The maximum absolute atomic E-state index is 6.58. The van der Waals surface area contributed by atoms with Crippen LogP contribution in [-0.2, 0) is 0 Å². The first-order chi connectivity index (χ1) is 7.99. The van der Waals surface area contributed by atoms with Crippen LogP contribution in [0.5, 0.6) is 0 Å². The molecule has 1 aromatic carbocycles. The summed E-state index contributed by atoms with van der Waals surface area (Å²) in [5.74, 6) is 0. The van der Waals surface area contributed by atoms with Crippen LogP contribution in [0.3, 0.4) is 0 Å². The number of rotatable bonds is 2. The first-order valence-electron chi connectivity index (χ1n) is 5.15. The molecule has 0 nitrogen and oxygen atoms in total. The highest BCUT2D eigenvalue weighted by molar-refractivity contribution is 9.11. The number of hydrogen-bond donors (Lipinski definition) is 0. The first kappa shape index (κ1) is 13.6. The number of halogens is 3. The topological polar surface area (TPSA) is 0 Å². The van der Waals surface area contributed by atoms with Gasteiger partial charge in [0.05, 0.1) is 9.16 Å². The molecule has 0 saturated heterocycles. The van der Waals surface area contributed by atoms with E-state index in [2.05, 4.69) is 70.0 Å². The minimum absolute atomic E-state index is 0.105. The van der Waals surface area contributed by atoms with E-state index in [-0.39, 0.29) is 5.38 Å². The Hall–Kier alpha value is 0.170. The minimum atomic E-state index is -0.105. The fraction of sp³-hybridized carbons (Fsp3) is 0.231. The monoisotopic (exact) mass is 392 g/mol. The number of alkyl halides is 1. The molecule has 4 heteroatoms. The summed E-state index contributed by atoms with van der Waals surface area (Å²) >= 11 is 15.4. The molecule has 0 N–H and O–H groups in total. The summed E-state index contributed by atoms with van der Waals surface area (Å²) in [5, 5.41) is -0.105. The van der Waals surface area contributed by atoms with Crippen LogP contribution in [-0.4, -0.2) is 0 Å². The SMILES string of the molecule is Cc1ccc(Br)c(C(Cl)c2cc(Br)sc2C)c1. The number of hydrogen-bond acceptors (Lipinski definition) is 1. The Balaban J connectivity index is 2.46. The van der Waals surface area contributed by atoms with Crippen molar-refractivity contribution in [2.24, 2.45) is 0 Å². The van der Waals surface area contributed by atoms with Gasteiger partial charge in [0.15, 0.2) is 0 Å². The van der Waals surface area contributed by atoms with Crippen LogP contribution >= 0.6 is 54.8 Å². The van der Waals surface area contributed by atoms with Crippen molar-refractivity contribution in [1.29, 1.82) is 0 Å². The number of thiophene rings is 1. The van der Waals surface area contributed by atoms with Gasteiger partial charge in [0.25, 0.3) is 0 Å². The van der Waals surface area contributed by atoms with Crippen LogP contribution < -0.4 is 0 Å². The van der Waals surface area contributed by atoms with Gasteiger partial charge >= 0.3 is 0 Å². The third kappa shape index (κ3) is 2.95. The molecule has 1 aromatic heterocycles. The molecule has 0 aliphatic carbocycles. The zero-order valence-corrected chi connectivity index (χ0v) is 14.2. The van der Waals surface area contributed by atoms with Crippen molar-refractivity contribution in [1.82, 2.24) is 0 Å². The summed E-state index contributed by atoms with van der Waals surface area (Å²) in [6.07, 6.45) is 0. The Labute approximate surface area is 127 Å². The minimum Gasteiger partial charge on any atom is -0.133 e. The van der Waals surface area contributed by atoms with Gasteiger partial charge in [0, 0.05) is 9.35 Å². The summed E-state index contributed by atoms with van der Waals surface area (Å²) in [6, 6.07) is 8.36. The van der Waals surface area contributed by atoms with Gasteiger partial charge in [-0.3, -0.25) is 0 Å². The van der Waals surface area contributed by atoms with Crippen molar-refractivity contribution in [2.75, 3.05) is 0 Å². The smallest absolute Gasteiger partial charge is 0.0857 e. The van der Waals surface area contributed by atoms with Crippen LogP contribution in [0.4, 0.5) is 0 Å². The van der Waals surface area contributed by atoms with Gasteiger partial charge in [0.2, 0.25) is 0 Å². The third-order valence-corrected chi connectivity index (χ3v) is 5.39. The van der Waals surface area contributed by atoms with Crippen molar-refractivity contribution >= 4 is 54.8 Å². The molecule has 1 unspecified atom stereocenters. The Morgan fingerprint density at radius 1 is 1.12 bits per heavy atom. The van der Waals surface area contributed by atoms with E-state index in [4.69, 9.17) is 11.6 Å². The first-order valence-corrected chi connectivity index (χ1v) is 7.99. The molecule has 0 aliphatic heterocycles. The molecule has 17 heavy (non-hydrogen) atoms. The molecule has 90 valence electrons. The van der Waals surface area contributed by atoms with Gasteiger partial charge in [0.1, 0.15) is 0 Å². The van der Waals surface area contributed by atoms with Crippen LogP contribution in [0.2, 0.25) is 0 Å². The molecule has 1 atom stereocenters. The largest absolute Gasteiger partial charge is 0.133 e. The van der Waals surface area contributed by atoms with Crippen LogP contribution in [0.15, 0.2) is 32.5 Å². The second-order valence-electron chi connectivity index (χ2n) is 3.95. The van der Waals surface area contributed by atoms with Gasteiger partial charge in [-0.2, -0.15) is 0 Å². The van der Waals surface area contributed by atoms with Crippen molar-refractivity contribution in [3.05, 3.63) is 54.1 Å². The van der Waals surface area contributed by atoms with E-state index in [1.807, 2.05) is 0 Å². The zero-order chi connectivity index (χ0) is 12.6. The van der Waals surface area contributed by atoms with Crippen molar-refractivity contribution in [3.8, 4) is 0 Å². The Bertz CT molecular complexity index is 548. The van der Waals surface area contributed by atoms with E-state index in [0.29, 0.717) is 0 Å². The molecule has 0 aliphatic rings. The fourth-order valence-electron chi connectivity index (χ4n) is 1.74. The highest BCUT2D eigenvalue weighted by atomic mass is 79.9. The predicted octanol–water partition coefficient (Wildman–Crippen LogP) is 6.22. The predicted molar refractivity (Wildman–Crippen MR) is 83.3 cm³/mol. The Kier molecular flexibility index (Phi) is 4.35. The van der Waals surface area contributed by atoms with E-state index >= 15 is 0 Å². The highest BCUT2D eigenvalue weighted by Gasteiger charge is 2.18. The van der Waals surface area contributed by atoms with E-state index in [1.165, 1.54) is 16.0 Å². The van der Waals surface area contributed by atoms with E-state index in [1.54, 1.807) is 11.3 Å². The molecule has 0 saturated carbocycles. The lowest BCUT2D eigenvalue weighted by molar-refractivity contribution is 1.11. The van der Waals surface area contributed by atoms with Gasteiger partial charge in [-0.15, -0.1) is 22.9 Å². The standard InChI is InChI=1S/C13H11Br2ClS/c1-7-3-4-11(14)10(5-7)13(16)9-6-12(15)17-8(9)2/h3-6,13H,1-2H3. The number of aryl methyl sites for hydroxylation is 2. The Morgan fingerprint density at radius 2 is 1.82 bits per heavy atom. The molecule has 2 aromatic rings. The zero-order valence-electron chi connectivity index (χ0n) is 9.43. The lowest BCUT2D eigenvalue weighted by Gasteiger charge is -2.12. The summed E-state index contributed by atoms with van der Waals surface area (Å²) < 4.78 is 2.18. The lowest BCUT2D eigenvalue weighted by atomic mass is 10.0. The van der Waals surface area contributed by atoms with E-state index < -0.39 is 0 Å². The summed E-state index contributed by atoms with van der Waals surface area (Å²) in [4.78, 5) is 1.25. The lowest BCUT2D eigenvalue weighted by Crippen LogP contribution is -1.95. The van der Waals surface area contributed by atoms with E-state index in [9.17, 15) is 0 Å². The normalized spacial score (nSPS) is 12.8. The van der Waals surface area contributed by atoms with E-state index in [0.717, 1.165) is 13.8 Å². The van der Waals surface area contributed by atoms with Crippen LogP contribution in [0.25, 0.3) is 0 Å². The molecular formula is C13H11Br2ClS. The molecule has 0 amide bonds. The quantitative estimate of drug-likeness (QED) is 0.531. The fourth-order valence-corrected chi connectivity index (χ4v) is 4.56. The van der Waals surface area contributed by atoms with Crippen molar-refractivity contribution in [3.63, 3.8) is 0 Å². The second kappa shape index (κ2) is 5.43. The average Bonchev–Trinajstić information content (AvgIpc) is 2.60. The summed E-state index contributed by atoms with van der Waals surface area (Å²) in [6.45, 7) is 4.18. The summed E-state index contributed by atoms with van der Waals surface area (Å²) in [5.41, 5.74) is 3.52. The van der Waals surface area contributed by atoms with Gasteiger partial charge in [-0.05, 0) is 53.0 Å². The summed E-state index contributed by atoms with van der Waals surface area (Å²) in [7, 11) is 0. The van der Waals surface area contributed by atoms with Gasteiger partial charge in [-0.1, -0.05) is 33.6 Å². The molecule has 0 fully saturated rings. The van der Waals surface area contributed by atoms with Crippen LogP contribution in [0.1, 0.15) is 26.9 Å². The van der Waals surface area contributed by atoms with Gasteiger partial charge < -0.3 is 0 Å².